The highest BCUT2D eigenvalue weighted by Crippen LogP contribution is 2.24. The molecule has 2 aromatic rings. The van der Waals surface area contributed by atoms with E-state index in [9.17, 15) is 22.4 Å². The highest BCUT2D eigenvalue weighted by molar-refractivity contribution is 7.89. The highest BCUT2D eigenvalue weighted by atomic mass is 32.2. The third kappa shape index (κ3) is 5.59. The Morgan fingerprint density at radius 2 is 1.61 bits per heavy atom. The van der Waals surface area contributed by atoms with E-state index >= 15 is 0 Å². The zero-order valence-electron chi connectivity index (χ0n) is 18.4. The van der Waals surface area contributed by atoms with Crippen molar-refractivity contribution < 1.29 is 22.4 Å². The number of hydrogen-bond acceptors (Lipinski definition) is 4. The molecule has 33 heavy (non-hydrogen) atoms. The number of piperidine rings is 1. The fraction of sp³-hybridized carbons (Fsp3) is 0.417. The second kappa shape index (κ2) is 10.0. The zero-order chi connectivity index (χ0) is 23.4. The predicted octanol–water partition coefficient (Wildman–Crippen LogP) is 2.67. The zero-order valence-corrected chi connectivity index (χ0v) is 19.2. The molecule has 2 aliphatic heterocycles. The summed E-state index contributed by atoms with van der Waals surface area (Å²) in [6.45, 7) is 2.32. The van der Waals surface area contributed by atoms with Crippen molar-refractivity contribution in [3.05, 3.63) is 65.5 Å². The number of carbonyl (C=O) groups is 2. The molecule has 176 valence electrons. The summed E-state index contributed by atoms with van der Waals surface area (Å²) in [6, 6.07) is 12.6. The Labute approximate surface area is 193 Å². The van der Waals surface area contributed by atoms with Crippen LogP contribution in [-0.2, 0) is 32.7 Å². The Balaban J connectivity index is 1.24. The number of halogens is 1. The van der Waals surface area contributed by atoms with E-state index in [4.69, 9.17) is 0 Å². The van der Waals surface area contributed by atoms with Gasteiger partial charge in [-0.2, -0.15) is 4.31 Å². The topological polar surface area (TPSA) is 86.8 Å². The summed E-state index contributed by atoms with van der Waals surface area (Å²) in [5, 5.41) is 2.95. The third-order valence-corrected chi connectivity index (χ3v) is 8.22. The summed E-state index contributed by atoms with van der Waals surface area (Å²) in [7, 11) is -3.69. The molecule has 0 atom stereocenters. The van der Waals surface area contributed by atoms with E-state index in [1.165, 1.54) is 16.4 Å². The first-order valence-electron chi connectivity index (χ1n) is 11.2. The molecule has 2 heterocycles. The van der Waals surface area contributed by atoms with Crippen LogP contribution < -0.4 is 5.32 Å². The molecule has 7 nitrogen and oxygen atoms in total. The van der Waals surface area contributed by atoms with Crippen molar-refractivity contribution in [1.82, 2.24) is 14.5 Å². The van der Waals surface area contributed by atoms with Crippen molar-refractivity contribution in [3.63, 3.8) is 0 Å². The lowest BCUT2D eigenvalue weighted by Crippen LogP contribution is -2.42. The maximum Gasteiger partial charge on any atom is 0.243 e. The first-order chi connectivity index (χ1) is 15.8. The fourth-order valence-electron chi connectivity index (χ4n) is 4.30. The average Bonchev–Trinajstić information content (AvgIpc) is 3.23. The van der Waals surface area contributed by atoms with E-state index in [1.54, 1.807) is 0 Å². The average molecular weight is 474 g/mol. The molecular weight excluding hydrogens is 445 g/mol. The van der Waals surface area contributed by atoms with Crippen LogP contribution >= 0.6 is 0 Å². The minimum absolute atomic E-state index is 0.0596. The van der Waals surface area contributed by atoms with Gasteiger partial charge in [0, 0.05) is 45.1 Å². The van der Waals surface area contributed by atoms with Gasteiger partial charge in [0.1, 0.15) is 5.82 Å². The molecule has 4 rings (SSSR count). The summed E-state index contributed by atoms with van der Waals surface area (Å²) in [6.07, 6.45) is 2.42. The van der Waals surface area contributed by atoms with E-state index in [0.29, 0.717) is 32.4 Å². The minimum Gasteiger partial charge on any atom is -0.352 e. The van der Waals surface area contributed by atoms with Crippen LogP contribution in [0.25, 0.3) is 0 Å². The first-order valence-corrected chi connectivity index (χ1v) is 12.7. The van der Waals surface area contributed by atoms with E-state index in [-0.39, 0.29) is 35.7 Å². The van der Waals surface area contributed by atoms with Crippen LogP contribution in [0.5, 0.6) is 0 Å². The van der Waals surface area contributed by atoms with Crippen molar-refractivity contribution in [1.29, 1.82) is 0 Å². The number of sulfonamides is 1. The largest absolute Gasteiger partial charge is 0.352 e. The van der Waals surface area contributed by atoms with Crippen LogP contribution in [0.2, 0.25) is 0 Å². The number of likely N-dealkylation sites (tertiary alicyclic amines) is 1. The second-order valence-electron chi connectivity index (χ2n) is 8.59. The Kier molecular flexibility index (Phi) is 7.09. The predicted molar refractivity (Wildman–Crippen MR) is 121 cm³/mol. The Morgan fingerprint density at radius 1 is 0.970 bits per heavy atom. The number of amides is 2. The van der Waals surface area contributed by atoms with Gasteiger partial charge in [-0.1, -0.05) is 24.3 Å². The smallest absolute Gasteiger partial charge is 0.243 e. The van der Waals surface area contributed by atoms with Crippen molar-refractivity contribution in [2.24, 2.45) is 5.92 Å². The van der Waals surface area contributed by atoms with Crippen molar-refractivity contribution >= 4 is 21.8 Å². The lowest BCUT2D eigenvalue weighted by Gasteiger charge is -2.30. The maximum absolute atomic E-state index is 13.1. The SMILES string of the molecule is O=C(NCc1ccc(CN2CCCC2=O)cc1)C1CCN(S(=O)(=O)c2ccc(F)cc2)CC1. The number of rotatable bonds is 7. The van der Waals surface area contributed by atoms with Crippen LogP contribution in [0.1, 0.15) is 36.8 Å². The van der Waals surface area contributed by atoms with Crippen LogP contribution in [0, 0.1) is 11.7 Å². The van der Waals surface area contributed by atoms with Gasteiger partial charge in [-0.15, -0.1) is 0 Å². The van der Waals surface area contributed by atoms with Crippen LogP contribution in [0.4, 0.5) is 4.39 Å². The van der Waals surface area contributed by atoms with E-state index in [1.807, 2.05) is 29.2 Å². The van der Waals surface area contributed by atoms with Gasteiger partial charge < -0.3 is 10.2 Å². The van der Waals surface area contributed by atoms with E-state index in [0.717, 1.165) is 36.2 Å². The third-order valence-electron chi connectivity index (χ3n) is 6.31. The van der Waals surface area contributed by atoms with Gasteiger partial charge in [-0.25, -0.2) is 12.8 Å². The molecule has 0 saturated carbocycles. The summed E-state index contributed by atoms with van der Waals surface area (Å²) >= 11 is 0. The van der Waals surface area contributed by atoms with Crippen LogP contribution in [-0.4, -0.2) is 49.1 Å². The molecule has 2 amide bonds. The van der Waals surface area contributed by atoms with Gasteiger partial charge in [-0.3, -0.25) is 9.59 Å². The number of hydrogen-bond donors (Lipinski definition) is 1. The monoisotopic (exact) mass is 473 g/mol. The molecule has 0 spiro atoms. The summed E-state index contributed by atoms with van der Waals surface area (Å²) in [4.78, 5) is 26.3. The Hall–Kier alpha value is -2.78. The Morgan fingerprint density at radius 3 is 2.21 bits per heavy atom. The lowest BCUT2D eigenvalue weighted by atomic mass is 9.97. The number of carbonyl (C=O) groups excluding carboxylic acids is 2. The van der Waals surface area contributed by atoms with Gasteiger partial charge >= 0.3 is 0 Å². The molecule has 0 bridgehead atoms. The molecule has 9 heteroatoms. The molecule has 0 aliphatic carbocycles. The van der Waals surface area contributed by atoms with Gasteiger partial charge in [-0.05, 0) is 54.7 Å². The second-order valence-corrected chi connectivity index (χ2v) is 10.5. The van der Waals surface area contributed by atoms with Gasteiger partial charge in [0.15, 0.2) is 0 Å². The fourth-order valence-corrected chi connectivity index (χ4v) is 5.77. The molecule has 1 N–H and O–H groups in total. The summed E-state index contributed by atoms with van der Waals surface area (Å²) < 4.78 is 39.9. The van der Waals surface area contributed by atoms with Gasteiger partial charge in [0.25, 0.3) is 0 Å². The summed E-state index contributed by atoms with van der Waals surface area (Å²) in [5.41, 5.74) is 2.03. The maximum atomic E-state index is 13.1. The van der Waals surface area contributed by atoms with E-state index < -0.39 is 15.8 Å². The lowest BCUT2D eigenvalue weighted by molar-refractivity contribution is -0.128. The van der Waals surface area contributed by atoms with Crippen LogP contribution in [0.15, 0.2) is 53.4 Å². The van der Waals surface area contributed by atoms with Crippen molar-refractivity contribution in [3.8, 4) is 0 Å². The molecule has 2 fully saturated rings. The quantitative estimate of drug-likeness (QED) is 0.670. The van der Waals surface area contributed by atoms with Crippen molar-refractivity contribution in [2.45, 2.75) is 43.7 Å². The molecule has 0 unspecified atom stereocenters. The molecule has 2 aromatic carbocycles. The Bertz CT molecular complexity index is 1100. The molecule has 2 saturated heterocycles. The molecule has 0 aromatic heterocycles. The van der Waals surface area contributed by atoms with Crippen LogP contribution in [0.3, 0.4) is 0 Å². The standard InChI is InChI=1S/C24H28FN3O4S/c25-21-7-9-22(10-8-21)33(31,32)28-14-11-20(12-15-28)24(30)26-16-18-3-5-19(6-4-18)17-27-13-1-2-23(27)29/h3-10,20H,1-2,11-17H2,(H,26,30). The van der Waals surface area contributed by atoms with Crippen molar-refractivity contribution in [2.75, 3.05) is 19.6 Å². The number of nitrogens with zero attached hydrogens (tertiary/aromatic N) is 2. The first kappa shape index (κ1) is 23.4. The van der Waals surface area contributed by atoms with Gasteiger partial charge in [0.05, 0.1) is 4.90 Å². The minimum atomic E-state index is -3.69. The number of nitrogens with one attached hydrogen (secondary N) is 1. The molecular formula is C24H28FN3O4S. The highest BCUT2D eigenvalue weighted by Gasteiger charge is 2.32. The normalized spacial score (nSPS) is 18.0. The number of benzene rings is 2. The molecule has 2 aliphatic rings. The van der Waals surface area contributed by atoms with E-state index in [2.05, 4.69) is 5.32 Å². The summed E-state index contributed by atoms with van der Waals surface area (Å²) in [5.74, 6) is -0.616. The van der Waals surface area contributed by atoms with Gasteiger partial charge in [0.2, 0.25) is 21.8 Å². The molecule has 0 radical (unpaired) electrons.